The van der Waals surface area contributed by atoms with E-state index in [0.717, 1.165) is 11.3 Å². The molecule has 1 aliphatic carbocycles. The van der Waals surface area contributed by atoms with E-state index in [1.807, 2.05) is 12.1 Å². The Morgan fingerprint density at radius 3 is 2.84 bits per heavy atom. The molecular weight excluding hydrogens is 238 g/mol. The lowest BCUT2D eigenvalue weighted by Crippen LogP contribution is -2.39. The fourth-order valence-electron chi connectivity index (χ4n) is 2.85. The summed E-state index contributed by atoms with van der Waals surface area (Å²) >= 11 is 0. The molecule has 3 rings (SSSR count). The summed E-state index contributed by atoms with van der Waals surface area (Å²) in [6.45, 7) is 0. The fraction of sp³-hybridized carbons (Fsp3) is 0.500. The summed E-state index contributed by atoms with van der Waals surface area (Å²) in [6.07, 6.45) is 7.09. The highest BCUT2D eigenvalue weighted by molar-refractivity contribution is 5.71. The van der Waals surface area contributed by atoms with Crippen LogP contribution < -0.4 is 5.32 Å². The molecule has 1 N–H and O–H groups in total. The highest BCUT2D eigenvalue weighted by atomic mass is 15.2. The number of anilines is 1. The lowest BCUT2D eigenvalue weighted by molar-refractivity contribution is 0.285. The minimum atomic E-state index is 0.469. The van der Waals surface area contributed by atoms with Gasteiger partial charge >= 0.3 is 0 Å². The first-order valence-corrected chi connectivity index (χ1v) is 6.75. The van der Waals surface area contributed by atoms with E-state index < -0.39 is 0 Å². The van der Waals surface area contributed by atoms with Gasteiger partial charge in [-0.25, -0.2) is 9.97 Å². The molecule has 2 atom stereocenters. The lowest BCUT2D eigenvalue weighted by Gasteiger charge is -2.27. The molecule has 0 spiro atoms. The molecule has 5 nitrogen and oxygen atoms in total. The van der Waals surface area contributed by atoms with Gasteiger partial charge in [0.15, 0.2) is 5.65 Å². The minimum Gasteiger partial charge on any atom is -0.366 e. The molecular formula is C14H19N5. The van der Waals surface area contributed by atoms with Crippen LogP contribution in [0.15, 0.2) is 24.5 Å². The number of hydrogen-bond acceptors (Lipinski definition) is 5. The van der Waals surface area contributed by atoms with Crippen LogP contribution in [0.4, 0.5) is 5.82 Å². The summed E-state index contributed by atoms with van der Waals surface area (Å²) < 4.78 is 0. The molecule has 100 valence electrons. The molecule has 19 heavy (non-hydrogen) atoms. The number of likely N-dealkylation sites (N-methyl/N-ethyl adjacent to an activating group) is 1. The number of nitrogens with one attached hydrogen (secondary N) is 1. The Hall–Kier alpha value is -1.75. The SMILES string of the molecule is CN(C)[C@@H]1CCC[C@H]1Nc1ccc2nccnc2n1. The molecule has 0 unspecified atom stereocenters. The average Bonchev–Trinajstić information content (AvgIpc) is 2.87. The first-order chi connectivity index (χ1) is 9.24. The Balaban J connectivity index is 1.81. The molecule has 0 saturated heterocycles. The van der Waals surface area contributed by atoms with Crippen LogP contribution in [0.5, 0.6) is 0 Å². The summed E-state index contributed by atoms with van der Waals surface area (Å²) in [7, 11) is 4.29. The summed E-state index contributed by atoms with van der Waals surface area (Å²) in [5.74, 6) is 0.895. The fourth-order valence-corrected chi connectivity index (χ4v) is 2.85. The van der Waals surface area contributed by atoms with Gasteiger partial charge in [0.1, 0.15) is 11.3 Å². The van der Waals surface area contributed by atoms with Gasteiger partial charge in [0.05, 0.1) is 0 Å². The van der Waals surface area contributed by atoms with Crippen molar-refractivity contribution in [3.63, 3.8) is 0 Å². The zero-order valence-electron chi connectivity index (χ0n) is 11.4. The maximum atomic E-state index is 4.53. The van der Waals surface area contributed by atoms with Crippen molar-refractivity contribution in [1.29, 1.82) is 0 Å². The van der Waals surface area contributed by atoms with Gasteiger partial charge in [-0.3, -0.25) is 4.98 Å². The topological polar surface area (TPSA) is 53.9 Å². The van der Waals surface area contributed by atoms with Crippen molar-refractivity contribution in [2.45, 2.75) is 31.3 Å². The monoisotopic (exact) mass is 257 g/mol. The third kappa shape index (κ3) is 2.51. The maximum absolute atomic E-state index is 4.53. The number of fused-ring (bicyclic) bond motifs is 1. The summed E-state index contributed by atoms with van der Waals surface area (Å²) in [4.78, 5) is 15.3. The van der Waals surface area contributed by atoms with Crippen molar-refractivity contribution >= 4 is 17.0 Å². The van der Waals surface area contributed by atoms with Gasteiger partial charge in [-0.2, -0.15) is 0 Å². The van der Waals surface area contributed by atoms with Gasteiger partial charge in [-0.1, -0.05) is 0 Å². The van der Waals surface area contributed by atoms with Crippen molar-refractivity contribution in [3.05, 3.63) is 24.5 Å². The van der Waals surface area contributed by atoms with Crippen LogP contribution in [-0.2, 0) is 0 Å². The lowest BCUT2D eigenvalue weighted by atomic mass is 10.1. The number of nitrogens with zero attached hydrogens (tertiary/aromatic N) is 4. The van der Waals surface area contributed by atoms with Crippen molar-refractivity contribution in [1.82, 2.24) is 19.9 Å². The molecule has 1 aliphatic rings. The van der Waals surface area contributed by atoms with Gasteiger partial charge in [-0.05, 0) is 45.5 Å². The Labute approximate surface area is 113 Å². The second-order valence-electron chi connectivity index (χ2n) is 5.31. The van der Waals surface area contributed by atoms with Crippen LogP contribution in [0.3, 0.4) is 0 Å². The van der Waals surface area contributed by atoms with E-state index in [1.54, 1.807) is 12.4 Å². The molecule has 1 saturated carbocycles. The highest BCUT2D eigenvalue weighted by Crippen LogP contribution is 2.25. The summed E-state index contributed by atoms with van der Waals surface area (Å²) in [5, 5.41) is 3.54. The second-order valence-corrected chi connectivity index (χ2v) is 5.31. The highest BCUT2D eigenvalue weighted by Gasteiger charge is 2.28. The molecule has 5 heteroatoms. The maximum Gasteiger partial charge on any atom is 0.180 e. The quantitative estimate of drug-likeness (QED) is 0.910. The summed E-state index contributed by atoms with van der Waals surface area (Å²) in [6, 6.07) is 5.01. The third-order valence-electron chi connectivity index (χ3n) is 3.81. The van der Waals surface area contributed by atoms with Gasteiger partial charge in [0, 0.05) is 24.5 Å². The summed E-state index contributed by atoms with van der Waals surface area (Å²) in [5.41, 5.74) is 1.54. The minimum absolute atomic E-state index is 0.469. The predicted molar refractivity (Wildman–Crippen MR) is 76.1 cm³/mol. The van der Waals surface area contributed by atoms with E-state index in [0.29, 0.717) is 17.7 Å². The Morgan fingerprint density at radius 2 is 2.00 bits per heavy atom. The molecule has 0 radical (unpaired) electrons. The Kier molecular flexibility index (Phi) is 3.29. The molecule has 2 aromatic rings. The molecule has 0 bridgehead atoms. The number of rotatable bonds is 3. The Bertz CT molecular complexity index is 569. The smallest absolute Gasteiger partial charge is 0.180 e. The van der Waals surface area contributed by atoms with E-state index in [1.165, 1.54) is 19.3 Å². The predicted octanol–water partition coefficient (Wildman–Crippen LogP) is 1.92. The first kappa shape index (κ1) is 12.3. The van der Waals surface area contributed by atoms with Crippen molar-refractivity contribution < 1.29 is 0 Å². The van der Waals surface area contributed by atoms with Crippen LogP contribution in [0.1, 0.15) is 19.3 Å². The number of pyridine rings is 1. The van der Waals surface area contributed by atoms with E-state index in [9.17, 15) is 0 Å². The van der Waals surface area contributed by atoms with Crippen molar-refractivity contribution in [2.75, 3.05) is 19.4 Å². The van der Waals surface area contributed by atoms with E-state index >= 15 is 0 Å². The molecule has 0 aromatic carbocycles. The molecule has 0 aliphatic heterocycles. The normalized spacial score (nSPS) is 23.1. The van der Waals surface area contributed by atoms with Crippen LogP contribution in [0.25, 0.3) is 11.2 Å². The standard InChI is InChI=1S/C14H19N5/c1-19(2)12-5-3-4-10(12)17-13-7-6-11-14(18-13)16-9-8-15-11/h6-10,12H,3-5H2,1-2H3,(H,16,17,18)/t10-,12-/m1/s1. The molecule has 0 amide bonds. The van der Waals surface area contributed by atoms with Gasteiger partial charge < -0.3 is 10.2 Å². The van der Waals surface area contributed by atoms with Crippen LogP contribution in [-0.4, -0.2) is 46.0 Å². The van der Waals surface area contributed by atoms with Crippen molar-refractivity contribution in [2.24, 2.45) is 0 Å². The van der Waals surface area contributed by atoms with Crippen molar-refractivity contribution in [3.8, 4) is 0 Å². The van der Waals surface area contributed by atoms with Gasteiger partial charge in [-0.15, -0.1) is 0 Å². The average molecular weight is 257 g/mol. The van der Waals surface area contributed by atoms with Gasteiger partial charge in [0.25, 0.3) is 0 Å². The number of hydrogen-bond donors (Lipinski definition) is 1. The Morgan fingerprint density at radius 1 is 1.16 bits per heavy atom. The first-order valence-electron chi connectivity index (χ1n) is 6.75. The van der Waals surface area contributed by atoms with E-state index in [-0.39, 0.29) is 0 Å². The third-order valence-corrected chi connectivity index (χ3v) is 3.81. The van der Waals surface area contributed by atoms with Crippen LogP contribution >= 0.6 is 0 Å². The van der Waals surface area contributed by atoms with Gasteiger partial charge in [0.2, 0.25) is 0 Å². The zero-order valence-corrected chi connectivity index (χ0v) is 11.4. The largest absolute Gasteiger partial charge is 0.366 e. The second kappa shape index (κ2) is 5.09. The number of aromatic nitrogens is 3. The van der Waals surface area contributed by atoms with Crippen LogP contribution in [0.2, 0.25) is 0 Å². The molecule has 2 heterocycles. The molecule has 1 fully saturated rings. The zero-order chi connectivity index (χ0) is 13.2. The van der Waals surface area contributed by atoms with E-state index in [2.05, 4.69) is 39.3 Å². The molecule has 2 aromatic heterocycles. The van der Waals surface area contributed by atoms with Crippen LogP contribution in [0, 0.1) is 0 Å². The van der Waals surface area contributed by atoms with E-state index in [4.69, 9.17) is 0 Å².